The smallest absolute Gasteiger partial charge is 0.0379 e. The average molecular weight is 313 g/mol. The molecule has 0 amide bonds. The quantitative estimate of drug-likeness (QED) is 0.832. The molecule has 4 rings (SSSR count). The van der Waals surface area contributed by atoms with Crippen molar-refractivity contribution in [1.29, 1.82) is 0 Å². The van der Waals surface area contributed by atoms with Gasteiger partial charge in [-0.1, -0.05) is 24.6 Å². The summed E-state index contributed by atoms with van der Waals surface area (Å²) in [4.78, 5) is 2.80. The normalized spacial score (nSPS) is 31.2. The molecule has 0 aromatic heterocycles. The van der Waals surface area contributed by atoms with Gasteiger partial charge in [-0.15, -0.1) is 0 Å². The maximum absolute atomic E-state index is 3.68. The van der Waals surface area contributed by atoms with Gasteiger partial charge < -0.3 is 15.5 Å². The molecule has 0 saturated carbocycles. The van der Waals surface area contributed by atoms with Gasteiger partial charge in [0.2, 0.25) is 0 Å². The molecule has 2 saturated heterocycles. The SMILES string of the molecule is CC1CCCC(N2CCC3(CC2)CNc2ccccc23)CCN1. The Balaban J connectivity index is 1.40. The predicted molar refractivity (Wildman–Crippen MR) is 97.1 cm³/mol. The van der Waals surface area contributed by atoms with Gasteiger partial charge in [-0.3, -0.25) is 0 Å². The standard InChI is InChI=1S/C20H31N3/c1-16-5-4-6-17(9-12-21-16)23-13-10-20(11-14-23)15-22-19-8-3-2-7-18(19)20/h2-3,7-8,16-17,21-22H,4-6,9-15H2,1H3. The van der Waals surface area contributed by atoms with Gasteiger partial charge in [0.25, 0.3) is 0 Å². The third-order valence-electron chi connectivity index (χ3n) is 6.53. The Morgan fingerprint density at radius 2 is 1.91 bits per heavy atom. The number of nitrogens with one attached hydrogen (secondary N) is 2. The first-order valence-corrected chi connectivity index (χ1v) is 9.58. The van der Waals surface area contributed by atoms with Crippen molar-refractivity contribution in [3.63, 3.8) is 0 Å². The fourth-order valence-electron chi connectivity index (χ4n) is 4.99. The molecule has 0 radical (unpaired) electrons. The molecule has 3 nitrogen and oxygen atoms in total. The van der Waals surface area contributed by atoms with Crippen LogP contribution >= 0.6 is 0 Å². The molecular formula is C20H31N3. The van der Waals surface area contributed by atoms with Crippen LogP contribution in [0.2, 0.25) is 0 Å². The molecule has 2 fully saturated rings. The van der Waals surface area contributed by atoms with Gasteiger partial charge in [0.1, 0.15) is 0 Å². The van der Waals surface area contributed by atoms with Crippen molar-refractivity contribution in [2.75, 3.05) is 31.5 Å². The zero-order valence-corrected chi connectivity index (χ0v) is 14.5. The van der Waals surface area contributed by atoms with Crippen LogP contribution in [-0.4, -0.2) is 43.2 Å². The first kappa shape index (κ1) is 15.5. The maximum atomic E-state index is 3.68. The minimum absolute atomic E-state index is 0.404. The number of fused-ring (bicyclic) bond motifs is 2. The van der Waals surface area contributed by atoms with E-state index in [2.05, 4.69) is 46.7 Å². The Morgan fingerprint density at radius 3 is 2.78 bits per heavy atom. The van der Waals surface area contributed by atoms with Crippen LogP contribution < -0.4 is 10.6 Å². The highest BCUT2D eigenvalue weighted by Gasteiger charge is 2.42. The lowest BCUT2D eigenvalue weighted by Crippen LogP contribution is -2.49. The number of rotatable bonds is 1. The lowest BCUT2D eigenvalue weighted by Gasteiger charge is -2.43. The van der Waals surface area contributed by atoms with Crippen molar-refractivity contribution in [3.8, 4) is 0 Å². The zero-order valence-electron chi connectivity index (χ0n) is 14.5. The van der Waals surface area contributed by atoms with Gasteiger partial charge in [0.05, 0.1) is 0 Å². The number of likely N-dealkylation sites (tertiary alicyclic amines) is 1. The molecule has 3 aliphatic heterocycles. The maximum Gasteiger partial charge on any atom is 0.0379 e. The van der Waals surface area contributed by atoms with Gasteiger partial charge in [-0.2, -0.15) is 0 Å². The first-order chi connectivity index (χ1) is 11.3. The summed E-state index contributed by atoms with van der Waals surface area (Å²) in [5, 5.41) is 7.33. The van der Waals surface area contributed by atoms with E-state index in [4.69, 9.17) is 0 Å². The highest BCUT2D eigenvalue weighted by atomic mass is 15.2. The number of piperidine rings is 1. The molecule has 126 valence electrons. The molecule has 2 atom stereocenters. The van der Waals surface area contributed by atoms with E-state index in [-0.39, 0.29) is 0 Å². The van der Waals surface area contributed by atoms with Gasteiger partial charge in [-0.25, -0.2) is 0 Å². The Kier molecular flexibility index (Phi) is 4.33. The van der Waals surface area contributed by atoms with E-state index in [1.54, 1.807) is 5.56 Å². The average Bonchev–Trinajstić information content (AvgIpc) is 2.91. The summed E-state index contributed by atoms with van der Waals surface area (Å²) < 4.78 is 0. The van der Waals surface area contributed by atoms with E-state index in [1.807, 2.05) is 0 Å². The third-order valence-corrected chi connectivity index (χ3v) is 6.53. The Bertz CT molecular complexity index is 523. The lowest BCUT2D eigenvalue weighted by molar-refractivity contribution is 0.104. The molecule has 3 heterocycles. The summed E-state index contributed by atoms with van der Waals surface area (Å²) in [7, 11) is 0. The Morgan fingerprint density at radius 1 is 1.09 bits per heavy atom. The van der Waals surface area contributed by atoms with Crippen molar-refractivity contribution < 1.29 is 0 Å². The third kappa shape index (κ3) is 3.01. The number of hydrogen-bond acceptors (Lipinski definition) is 3. The molecule has 3 aliphatic rings. The molecule has 0 bridgehead atoms. The van der Waals surface area contributed by atoms with Crippen LogP contribution in [0.4, 0.5) is 5.69 Å². The fourth-order valence-corrected chi connectivity index (χ4v) is 4.99. The highest BCUT2D eigenvalue weighted by Crippen LogP contribution is 2.44. The Hall–Kier alpha value is -1.06. The molecule has 0 aliphatic carbocycles. The number of para-hydroxylation sites is 1. The van der Waals surface area contributed by atoms with Crippen LogP contribution in [0.1, 0.15) is 51.0 Å². The molecule has 2 N–H and O–H groups in total. The molecular weight excluding hydrogens is 282 g/mol. The van der Waals surface area contributed by atoms with Gasteiger partial charge in [0.15, 0.2) is 0 Å². The minimum atomic E-state index is 0.404. The van der Waals surface area contributed by atoms with Crippen LogP contribution in [0.25, 0.3) is 0 Å². The summed E-state index contributed by atoms with van der Waals surface area (Å²) in [6.45, 7) is 7.21. The Labute approximate surface area is 140 Å². The van der Waals surface area contributed by atoms with Crippen molar-refractivity contribution in [3.05, 3.63) is 29.8 Å². The van der Waals surface area contributed by atoms with Gasteiger partial charge in [-0.05, 0) is 70.3 Å². The number of benzene rings is 1. The highest BCUT2D eigenvalue weighted by molar-refractivity contribution is 5.60. The van der Waals surface area contributed by atoms with E-state index < -0.39 is 0 Å². The van der Waals surface area contributed by atoms with Gasteiger partial charge >= 0.3 is 0 Å². The van der Waals surface area contributed by atoms with E-state index in [1.165, 1.54) is 63.8 Å². The summed E-state index contributed by atoms with van der Waals surface area (Å²) in [5.74, 6) is 0. The topological polar surface area (TPSA) is 27.3 Å². The van der Waals surface area contributed by atoms with Crippen molar-refractivity contribution in [2.24, 2.45) is 0 Å². The number of nitrogens with zero attached hydrogens (tertiary/aromatic N) is 1. The van der Waals surface area contributed by atoms with Crippen molar-refractivity contribution in [2.45, 2.75) is 62.9 Å². The number of anilines is 1. The van der Waals surface area contributed by atoms with Crippen molar-refractivity contribution in [1.82, 2.24) is 10.2 Å². The zero-order chi connectivity index (χ0) is 15.7. The second kappa shape index (κ2) is 6.45. The lowest BCUT2D eigenvalue weighted by atomic mass is 9.74. The summed E-state index contributed by atoms with van der Waals surface area (Å²) >= 11 is 0. The molecule has 23 heavy (non-hydrogen) atoms. The summed E-state index contributed by atoms with van der Waals surface area (Å²) in [5.41, 5.74) is 3.36. The largest absolute Gasteiger partial charge is 0.384 e. The molecule has 1 spiro atoms. The van der Waals surface area contributed by atoms with Crippen LogP contribution in [0.3, 0.4) is 0 Å². The van der Waals surface area contributed by atoms with Crippen LogP contribution in [0.5, 0.6) is 0 Å². The first-order valence-electron chi connectivity index (χ1n) is 9.58. The molecule has 2 unspecified atom stereocenters. The van der Waals surface area contributed by atoms with E-state index in [0.29, 0.717) is 11.5 Å². The fraction of sp³-hybridized carbons (Fsp3) is 0.700. The second-order valence-corrected chi connectivity index (χ2v) is 7.94. The minimum Gasteiger partial charge on any atom is -0.384 e. The predicted octanol–water partition coefficient (Wildman–Crippen LogP) is 3.37. The summed E-state index contributed by atoms with van der Waals surface area (Å²) in [6, 6.07) is 10.5. The number of hydrogen-bond donors (Lipinski definition) is 2. The van der Waals surface area contributed by atoms with E-state index >= 15 is 0 Å². The van der Waals surface area contributed by atoms with E-state index in [0.717, 1.165) is 12.6 Å². The summed E-state index contributed by atoms with van der Waals surface area (Å²) in [6.07, 6.45) is 8.07. The molecule has 1 aromatic carbocycles. The van der Waals surface area contributed by atoms with Crippen molar-refractivity contribution >= 4 is 5.69 Å². The molecule has 3 heteroatoms. The molecule has 1 aromatic rings. The van der Waals surface area contributed by atoms with Crippen LogP contribution in [0.15, 0.2) is 24.3 Å². The van der Waals surface area contributed by atoms with Crippen LogP contribution in [0, 0.1) is 0 Å². The van der Waals surface area contributed by atoms with Crippen LogP contribution in [-0.2, 0) is 5.41 Å². The monoisotopic (exact) mass is 313 g/mol. The second-order valence-electron chi connectivity index (χ2n) is 7.94. The van der Waals surface area contributed by atoms with E-state index in [9.17, 15) is 0 Å². The van der Waals surface area contributed by atoms with Gasteiger partial charge in [0, 0.05) is 29.7 Å².